The largest absolute Gasteiger partial charge is 0.486 e. The highest BCUT2D eigenvalue weighted by molar-refractivity contribution is 7.24. The van der Waals surface area contributed by atoms with Crippen LogP contribution in [0.3, 0.4) is 0 Å². The second-order valence-corrected chi connectivity index (χ2v) is 8.38. The van der Waals surface area contributed by atoms with Crippen molar-refractivity contribution in [1.82, 2.24) is 10.3 Å². The molecule has 3 heterocycles. The van der Waals surface area contributed by atoms with Crippen LogP contribution in [0.15, 0.2) is 30.3 Å². The van der Waals surface area contributed by atoms with E-state index in [-0.39, 0.29) is 5.91 Å². The lowest BCUT2D eigenvalue weighted by molar-refractivity contribution is 0.0953. The molecule has 0 spiro atoms. The van der Waals surface area contributed by atoms with Crippen LogP contribution in [0.25, 0.3) is 9.88 Å². The zero-order valence-corrected chi connectivity index (χ0v) is 16.3. The molecule has 8 heteroatoms. The van der Waals surface area contributed by atoms with Gasteiger partial charge in [0.25, 0.3) is 5.91 Å². The Bertz CT molecular complexity index is 967. The summed E-state index contributed by atoms with van der Waals surface area (Å²) in [5.74, 6) is 1.27. The number of fused-ring (bicyclic) bond motifs is 1. The van der Waals surface area contributed by atoms with Gasteiger partial charge < -0.3 is 14.8 Å². The molecule has 0 radical (unpaired) electrons. The van der Waals surface area contributed by atoms with Crippen LogP contribution in [-0.4, -0.2) is 24.1 Å². The number of halogens is 1. The molecule has 1 aliphatic heterocycles. The number of nitrogens with one attached hydrogen (secondary N) is 1. The van der Waals surface area contributed by atoms with Crippen molar-refractivity contribution in [3.63, 3.8) is 0 Å². The molecule has 0 bridgehead atoms. The molecular weight excluding hydrogens is 392 g/mol. The van der Waals surface area contributed by atoms with Gasteiger partial charge in [-0.05, 0) is 25.1 Å². The average molecular weight is 407 g/mol. The molecule has 1 aliphatic rings. The van der Waals surface area contributed by atoms with Gasteiger partial charge in [0.15, 0.2) is 11.5 Å². The van der Waals surface area contributed by atoms with E-state index in [1.807, 2.05) is 37.3 Å². The van der Waals surface area contributed by atoms with Crippen LogP contribution in [0.2, 0.25) is 4.34 Å². The number of aromatic nitrogens is 1. The second-order valence-electron chi connectivity index (χ2n) is 5.66. The van der Waals surface area contributed by atoms with Gasteiger partial charge in [-0.2, -0.15) is 0 Å². The molecular formula is C18H15ClN2O3S2. The summed E-state index contributed by atoms with van der Waals surface area (Å²) < 4.78 is 12.0. The van der Waals surface area contributed by atoms with E-state index in [1.54, 1.807) is 0 Å². The van der Waals surface area contributed by atoms with Gasteiger partial charge in [0.2, 0.25) is 0 Å². The average Bonchev–Trinajstić information content (AvgIpc) is 3.25. The number of rotatable bonds is 4. The summed E-state index contributed by atoms with van der Waals surface area (Å²) in [5.41, 5.74) is 1.60. The van der Waals surface area contributed by atoms with Gasteiger partial charge in [-0.25, -0.2) is 4.98 Å². The van der Waals surface area contributed by atoms with E-state index >= 15 is 0 Å². The molecule has 0 atom stereocenters. The third kappa shape index (κ3) is 3.42. The van der Waals surface area contributed by atoms with Crippen LogP contribution in [0.1, 0.15) is 20.9 Å². The number of amides is 1. The van der Waals surface area contributed by atoms with E-state index < -0.39 is 0 Å². The smallest absolute Gasteiger partial charge is 0.263 e. The maximum atomic E-state index is 12.6. The van der Waals surface area contributed by atoms with E-state index in [9.17, 15) is 4.79 Å². The van der Waals surface area contributed by atoms with E-state index in [4.69, 9.17) is 21.1 Å². The Kier molecular flexibility index (Phi) is 4.84. The minimum Gasteiger partial charge on any atom is -0.486 e. The van der Waals surface area contributed by atoms with Crippen LogP contribution in [0, 0.1) is 6.92 Å². The normalized spacial score (nSPS) is 12.8. The molecule has 1 N–H and O–H groups in total. The number of carbonyl (C=O) groups excluding carboxylic acids is 1. The lowest BCUT2D eigenvalue weighted by Crippen LogP contribution is -2.24. The van der Waals surface area contributed by atoms with E-state index in [1.165, 1.54) is 22.7 Å². The number of hydrogen-bond donors (Lipinski definition) is 1. The molecule has 5 nitrogen and oxygen atoms in total. The van der Waals surface area contributed by atoms with Gasteiger partial charge in [-0.1, -0.05) is 23.7 Å². The van der Waals surface area contributed by atoms with Crippen molar-refractivity contribution in [2.24, 2.45) is 0 Å². The van der Waals surface area contributed by atoms with Crippen LogP contribution in [0.5, 0.6) is 11.5 Å². The Morgan fingerprint density at radius 1 is 1.23 bits per heavy atom. The highest BCUT2D eigenvalue weighted by Gasteiger charge is 2.19. The van der Waals surface area contributed by atoms with E-state index in [0.29, 0.717) is 46.2 Å². The van der Waals surface area contributed by atoms with Crippen molar-refractivity contribution >= 4 is 40.2 Å². The first kappa shape index (κ1) is 17.3. The third-order valence-electron chi connectivity index (χ3n) is 3.87. The summed E-state index contributed by atoms with van der Waals surface area (Å²) in [6.07, 6.45) is 0. The Labute approximate surface area is 163 Å². The molecule has 0 saturated carbocycles. The molecule has 26 heavy (non-hydrogen) atoms. The SMILES string of the molecule is Cc1nc(-c2ccc(Cl)s2)sc1C(=O)NCc1cccc2c1OCCO2. The summed E-state index contributed by atoms with van der Waals surface area (Å²) in [6, 6.07) is 9.43. The van der Waals surface area contributed by atoms with Crippen molar-refractivity contribution in [3.8, 4) is 21.4 Å². The fourth-order valence-electron chi connectivity index (χ4n) is 2.67. The zero-order chi connectivity index (χ0) is 18.1. The second kappa shape index (κ2) is 7.26. The molecule has 0 aliphatic carbocycles. The minimum absolute atomic E-state index is 0.150. The minimum atomic E-state index is -0.150. The van der Waals surface area contributed by atoms with Crippen molar-refractivity contribution in [1.29, 1.82) is 0 Å². The molecule has 134 valence electrons. The van der Waals surface area contributed by atoms with Gasteiger partial charge in [0.1, 0.15) is 23.1 Å². The van der Waals surface area contributed by atoms with Gasteiger partial charge in [-0.15, -0.1) is 22.7 Å². The monoisotopic (exact) mass is 406 g/mol. The number of ether oxygens (including phenoxy) is 2. The zero-order valence-electron chi connectivity index (χ0n) is 13.9. The van der Waals surface area contributed by atoms with Crippen molar-refractivity contribution in [3.05, 3.63) is 50.8 Å². The summed E-state index contributed by atoms with van der Waals surface area (Å²) >= 11 is 8.81. The number of thiophene rings is 1. The number of benzene rings is 1. The van der Waals surface area contributed by atoms with Gasteiger partial charge in [-0.3, -0.25) is 4.79 Å². The molecule has 2 aromatic heterocycles. The van der Waals surface area contributed by atoms with Crippen LogP contribution in [-0.2, 0) is 6.54 Å². The first-order valence-corrected chi connectivity index (χ1v) is 10.0. The van der Waals surface area contributed by atoms with E-state index in [2.05, 4.69) is 10.3 Å². The maximum Gasteiger partial charge on any atom is 0.263 e. The molecule has 0 fully saturated rings. The Balaban J connectivity index is 1.50. The van der Waals surface area contributed by atoms with Crippen LogP contribution >= 0.6 is 34.3 Å². The lowest BCUT2D eigenvalue weighted by atomic mass is 10.1. The first-order chi connectivity index (χ1) is 12.6. The standard InChI is InChI=1S/C18H15ClN2O3S2/c1-10-16(26-18(21-10)13-5-6-14(19)25-13)17(22)20-9-11-3-2-4-12-15(11)24-8-7-23-12/h2-6H,7-9H2,1H3,(H,20,22). The Hall–Kier alpha value is -2.09. The van der Waals surface area contributed by atoms with Gasteiger partial charge in [0.05, 0.1) is 14.9 Å². The maximum absolute atomic E-state index is 12.6. The summed E-state index contributed by atoms with van der Waals surface area (Å²) in [6.45, 7) is 3.26. The number of hydrogen-bond acceptors (Lipinski definition) is 6. The number of nitrogens with zero attached hydrogens (tertiary/aromatic N) is 1. The van der Waals surface area contributed by atoms with Crippen LogP contribution in [0.4, 0.5) is 0 Å². The third-order valence-corrected chi connectivity index (χ3v) is 6.43. The molecule has 0 saturated heterocycles. The summed E-state index contributed by atoms with van der Waals surface area (Å²) in [5, 5.41) is 3.75. The molecule has 1 aromatic carbocycles. The van der Waals surface area contributed by atoms with Gasteiger partial charge in [0, 0.05) is 12.1 Å². The lowest BCUT2D eigenvalue weighted by Gasteiger charge is -2.21. The van der Waals surface area contributed by atoms with E-state index in [0.717, 1.165) is 15.4 Å². The van der Waals surface area contributed by atoms with Gasteiger partial charge >= 0.3 is 0 Å². The van der Waals surface area contributed by atoms with Crippen molar-refractivity contribution in [2.45, 2.75) is 13.5 Å². The summed E-state index contributed by atoms with van der Waals surface area (Å²) in [7, 11) is 0. The Morgan fingerprint density at radius 2 is 2.08 bits per heavy atom. The predicted octanol–water partition coefficient (Wildman–Crippen LogP) is 4.53. The Morgan fingerprint density at radius 3 is 2.88 bits per heavy atom. The fourth-order valence-corrected chi connectivity index (χ4v) is 4.75. The first-order valence-electron chi connectivity index (χ1n) is 8.00. The molecule has 0 unspecified atom stereocenters. The van der Waals surface area contributed by atoms with Crippen LogP contribution < -0.4 is 14.8 Å². The summed E-state index contributed by atoms with van der Waals surface area (Å²) in [4.78, 5) is 18.7. The van der Waals surface area contributed by atoms with Crippen molar-refractivity contribution in [2.75, 3.05) is 13.2 Å². The number of aryl methyl sites for hydroxylation is 1. The van der Waals surface area contributed by atoms with Crippen molar-refractivity contribution < 1.29 is 14.3 Å². The topological polar surface area (TPSA) is 60.5 Å². The highest BCUT2D eigenvalue weighted by atomic mass is 35.5. The number of carbonyl (C=O) groups is 1. The molecule has 1 amide bonds. The quantitative estimate of drug-likeness (QED) is 0.691. The number of para-hydroxylation sites is 1. The molecule has 3 aromatic rings. The highest BCUT2D eigenvalue weighted by Crippen LogP contribution is 2.35. The predicted molar refractivity (Wildman–Crippen MR) is 104 cm³/mol. The fraction of sp³-hybridized carbons (Fsp3) is 0.222. The number of thiazole rings is 1. The molecule has 4 rings (SSSR count).